The van der Waals surface area contributed by atoms with Gasteiger partial charge in [0, 0.05) is 45.4 Å². The first-order valence-corrected chi connectivity index (χ1v) is 8.17. The second kappa shape index (κ2) is 6.49. The van der Waals surface area contributed by atoms with Gasteiger partial charge >= 0.3 is 0 Å². The largest absolute Gasteiger partial charge is 0.383 e. The molecule has 120 valence electrons. The minimum Gasteiger partial charge on any atom is -0.383 e. The molecule has 2 aliphatic rings. The van der Waals surface area contributed by atoms with Crippen LogP contribution in [0.15, 0.2) is 16.3 Å². The van der Waals surface area contributed by atoms with Gasteiger partial charge < -0.3 is 9.64 Å². The van der Waals surface area contributed by atoms with Crippen LogP contribution in [-0.4, -0.2) is 61.6 Å². The van der Waals surface area contributed by atoms with Crippen LogP contribution in [0.5, 0.6) is 0 Å². The Balaban J connectivity index is 2.31. The second-order valence-corrected chi connectivity index (χ2v) is 7.11. The lowest BCUT2D eigenvalue weighted by Crippen LogP contribution is -2.51. The van der Waals surface area contributed by atoms with Gasteiger partial charge in [-0.05, 0) is 17.9 Å². The van der Waals surface area contributed by atoms with Crippen molar-refractivity contribution in [1.82, 2.24) is 9.80 Å². The summed E-state index contributed by atoms with van der Waals surface area (Å²) in [6.45, 7) is 16.4. The molecule has 21 heavy (non-hydrogen) atoms. The van der Waals surface area contributed by atoms with E-state index in [1.54, 1.807) is 7.11 Å². The van der Waals surface area contributed by atoms with Crippen molar-refractivity contribution < 1.29 is 4.74 Å². The van der Waals surface area contributed by atoms with Crippen LogP contribution in [0, 0.1) is 5.41 Å². The standard InChI is InChI=1S/C17H31N3O/c1-7-15-18-13(2)16(17(3,4)5)14-12-19(10-11-21-6)8-9-20(14)15/h13H,7-12H2,1-6H3/t13-/m0/s1. The van der Waals surface area contributed by atoms with Crippen LogP contribution in [0.1, 0.15) is 41.0 Å². The van der Waals surface area contributed by atoms with E-state index < -0.39 is 0 Å². The van der Waals surface area contributed by atoms with Crippen molar-refractivity contribution in [2.45, 2.75) is 47.1 Å². The summed E-state index contributed by atoms with van der Waals surface area (Å²) in [4.78, 5) is 9.94. The van der Waals surface area contributed by atoms with Gasteiger partial charge in [0.2, 0.25) is 0 Å². The molecule has 0 bridgehead atoms. The van der Waals surface area contributed by atoms with E-state index in [1.807, 2.05) is 0 Å². The summed E-state index contributed by atoms with van der Waals surface area (Å²) in [6.07, 6.45) is 1.02. The Kier molecular flexibility index (Phi) is 5.10. The quantitative estimate of drug-likeness (QED) is 0.798. The van der Waals surface area contributed by atoms with Gasteiger partial charge in [0.1, 0.15) is 5.84 Å². The van der Waals surface area contributed by atoms with Crippen LogP contribution in [-0.2, 0) is 4.74 Å². The Morgan fingerprint density at radius 3 is 2.57 bits per heavy atom. The minimum absolute atomic E-state index is 0.167. The number of rotatable bonds is 4. The molecule has 0 amide bonds. The summed E-state index contributed by atoms with van der Waals surface area (Å²) in [7, 11) is 1.78. The summed E-state index contributed by atoms with van der Waals surface area (Å²) in [5.74, 6) is 1.26. The highest BCUT2D eigenvalue weighted by Crippen LogP contribution is 2.37. The van der Waals surface area contributed by atoms with Crippen molar-refractivity contribution in [3.8, 4) is 0 Å². The third-order valence-corrected chi connectivity index (χ3v) is 4.46. The van der Waals surface area contributed by atoms with E-state index in [2.05, 4.69) is 44.4 Å². The number of nitrogens with zero attached hydrogens (tertiary/aromatic N) is 3. The van der Waals surface area contributed by atoms with Crippen LogP contribution in [0.4, 0.5) is 0 Å². The lowest BCUT2D eigenvalue weighted by atomic mass is 9.79. The highest BCUT2D eigenvalue weighted by Gasteiger charge is 2.36. The first-order valence-electron chi connectivity index (χ1n) is 8.17. The molecular weight excluding hydrogens is 262 g/mol. The van der Waals surface area contributed by atoms with Crippen molar-refractivity contribution >= 4 is 5.84 Å². The van der Waals surface area contributed by atoms with Gasteiger partial charge in [-0.1, -0.05) is 27.7 Å². The fraction of sp³-hybridized carbons (Fsp3) is 0.824. The molecule has 2 aliphatic heterocycles. The predicted molar refractivity (Wildman–Crippen MR) is 88.7 cm³/mol. The van der Waals surface area contributed by atoms with Gasteiger partial charge in [0.15, 0.2) is 0 Å². The Labute approximate surface area is 129 Å². The van der Waals surface area contributed by atoms with Crippen LogP contribution >= 0.6 is 0 Å². The number of hydrogen-bond donors (Lipinski definition) is 0. The Morgan fingerprint density at radius 1 is 1.29 bits per heavy atom. The molecule has 1 atom stereocenters. The number of aliphatic imine (C=N–C) groups is 1. The number of fused-ring (bicyclic) bond motifs is 1. The maximum Gasteiger partial charge on any atom is 0.104 e. The van der Waals surface area contributed by atoms with Crippen molar-refractivity contribution in [3.63, 3.8) is 0 Å². The van der Waals surface area contributed by atoms with Crippen molar-refractivity contribution in [3.05, 3.63) is 11.3 Å². The van der Waals surface area contributed by atoms with E-state index >= 15 is 0 Å². The maximum absolute atomic E-state index is 5.24. The zero-order chi connectivity index (χ0) is 15.6. The molecule has 0 aliphatic carbocycles. The van der Waals surface area contributed by atoms with E-state index in [0.29, 0.717) is 6.04 Å². The monoisotopic (exact) mass is 293 g/mol. The molecule has 0 aromatic heterocycles. The summed E-state index contributed by atoms with van der Waals surface area (Å²) < 4.78 is 5.24. The summed E-state index contributed by atoms with van der Waals surface area (Å²) >= 11 is 0. The molecule has 0 N–H and O–H groups in total. The molecule has 4 heteroatoms. The molecule has 0 aromatic rings. The van der Waals surface area contributed by atoms with Crippen LogP contribution in [0.25, 0.3) is 0 Å². The predicted octanol–water partition coefficient (Wildman–Crippen LogP) is 2.76. The van der Waals surface area contributed by atoms with E-state index in [-0.39, 0.29) is 5.41 Å². The third-order valence-electron chi connectivity index (χ3n) is 4.46. The van der Waals surface area contributed by atoms with Crippen molar-refractivity contribution in [2.24, 2.45) is 10.4 Å². The molecular formula is C17H31N3O. The molecule has 0 spiro atoms. The average molecular weight is 293 g/mol. The molecule has 1 saturated heterocycles. The second-order valence-electron chi connectivity index (χ2n) is 7.11. The Morgan fingerprint density at radius 2 is 2.00 bits per heavy atom. The zero-order valence-corrected chi connectivity index (χ0v) is 14.6. The van der Waals surface area contributed by atoms with Gasteiger partial charge in [-0.3, -0.25) is 9.89 Å². The minimum atomic E-state index is 0.167. The molecule has 0 unspecified atom stereocenters. The zero-order valence-electron chi connectivity index (χ0n) is 14.6. The van der Waals surface area contributed by atoms with E-state index in [4.69, 9.17) is 9.73 Å². The first kappa shape index (κ1) is 16.5. The number of methoxy groups -OCH3 is 1. The van der Waals surface area contributed by atoms with Crippen LogP contribution in [0.2, 0.25) is 0 Å². The number of ether oxygens (including phenoxy) is 1. The first-order chi connectivity index (χ1) is 9.88. The SMILES string of the molecule is CCC1=N[C@@H](C)C(C(C)(C)C)=C2CN(CCOC)CCN12. The van der Waals surface area contributed by atoms with Gasteiger partial charge in [-0.15, -0.1) is 0 Å². The van der Waals surface area contributed by atoms with Gasteiger partial charge in [0.25, 0.3) is 0 Å². The number of piperazine rings is 1. The fourth-order valence-electron chi connectivity index (χ4n) is 3.62. The number of hydrogen-bond acceptors (Lipinski definition) is 4. The van der Waals surface area contributed by atoms with Gasteiger partial charge in [-0.25, -0.2) is 0 Å². The summed E-state index contributed by atoms with van der Waals surface area (Å²) in [5.41, 5.74) is 3.16. The molecule has 0 saturated carbocycles. The smallest absolute Gasteiger partial charge is 0.104 e. The molecule has 1 fully saturated rings. The van der Waals surface area contributed by atoms with E-state index in [9.17, 15) is 0 Å². The highest BCUT2D eigenvalue weighted by atomic mass is 16.5. The Hall–Kier alpha value is -0.870. The van der Waals surface area contributed by atoms with Crippen molar-refractivity contribution in [2.75, 3.05) is 39.9 Å². The van der Waals surface area contributed by atoms with Gasteiger partial charge in [0.05, 0.1) is 12.6 Å². The lowest BCUT2D eigenvalue weighted by molar-refractivity contribution is 0.132. The Bertz CT molecular complexity index is 434. The topological polar surface area (TPSA) is 28.1 Å². The fourth-order valence-corrected chi connectivity index (χ4v) is 3.62. The molecule has 0 aromatic carbocycles. The summed E-state index contributed by atoms with van der Waals surface area (Å²) in [5, 5.41) is 0. The average Bonchev–Trinajstić information content (AvgIpc) is 2.42. The molecule has 2 rings (SSSR count). The van der Waals surface area contributed by atoms with Gasteiger partial charge in [-0.2, -0.15) is 0 Å². The third kappa shape index (κ3) is 3.49. The maximum atomic E-state index is 5.24. The molecule has 4 nitrogen and oxygen atoms in total. The normalized spacial score (nSPS) is 24.2. The molecule has 0 radical (unpaired) electrons. The van der Waals surface area contributed by atoms with Crippen LogP contribution < -0.4 is 0 Å². The highest BCUT2D eigenvalue weighted by molar-refractivity contribution is 5.85. The number of amidine groups is 1. The lowest BCUT2D eigenvalue weighted by Gasteiger charge is -2.45. The van der Waals surface area contributed by atoms with E-state index in [0.717, 1.165) is 39.2 Å². The summed E-state index contributed by atoms with van der Waals surface area (Å²) in [6, 6.07) is 0.300. The van der Waals surface area contributed by atoms with E-state index in [1.165, 1.54) is 17.1 Å². The van der Waals surface area contributed by atoms with Crippen LogP contribution in [0.3, 0.4) is 0 Å². The molecule has 2 heterocycles. The van der Waals surface area contributed by atoms with Crippen molar-refractivity contribution in [1.29, 1.82) is 0 Å².